The predicted octanol–water partition coefficient (Wildman–Crippen LogP) is 2.36. The summed E-state index contributed by atoms with van der Waals surface area (Å²) < 4.78 is 0. The minimum absolute atomic E-state index is 1.10. The van der Waals surface area contributed by atoms with Crippen LogP contribution in [0.4, 0.5) is 0 Å². The van der Waals surface area contributed by atoms with Crippen molar-refractivity contribution in [2.24, 2.45) is 0 Å². The third kappa shape index (κ3) is 1.44. The maximum atomic E-state index is 4.04. The van der Waals surface area contributed by atoms with E-state index in [0.29, 0.717) is 0 Å². The molecule has 0 bridgehead atoms. The fourth-order valence-corrected chi connectivity index (χ4v) is 1.75. The Hall–Kier alpha value is -1.56. The molecule has 0 unspecified atom stereocenters. The Bertz CT molecular complexity index is 577. The largest absolute Gasteiger partial charge is 0.0911 e. The van der Waals surface area contributed by atoms with E-state index < -0.39 is 0 Å². The third-order valence-electron chi connectivity index (χ3n) is 2.56. The Morgan fingerprint density at radius 1 is 1.07 bits per heavy atom. The lowest BCUT2D eigenvalue weighted by molar-refractivity contribution is 1.49. The number of rotatable bonds is 0. The molecule has 0 aliphatic carbocycles. The highest BCUT2D eigenvalue weighted by Gasteiger charge is 1.93. The molecule has 0 atom stereocenters. The van der Waals surface area contributed by atoms with Crippen LogP contribution in [0.5, 0.6) is 0 Å². The Morgan fingerprint density at radius 2 is 1.86 bits per heavy atom. The van der Waals surface area contributed by atoms with E-state index >= 15 is 0 Å². The molecule has 2 aromatic rings. The van der Waals surface area contributed by atoms with E-state index in [1.807, 2.05) is 6.92 Å². The third-order valence-corrected chi connectivity index (χ3v) is 2.56. The summed E-state index contributed by atoms with van der Waals surface area (Å²) in [6.07, 6.45) is 2.10. The van der Waals surface area contributed by atoms with Crippen LogP contribution in [0.15, 0.2) is 30.3 Å². The van der Waals surface area contributed by atoms with Gasteiger partial charge in [-0.1, -0.05) is 36.4 Å². The minimum atomic E-state index is 1.10. The van der Waals surface area contributed by atoms with Crippen molar-refractivity contribution in [1.29, 1.82) is 0 Å². The molecule has 0 aliphatic heterocycles. The van der Waals surface area contributed by atoms with Crippen molar-refractivity contribution in [2.45, 2.75) is 13.8 Å². The molecular formula is C14H14. The summed E-state index contributed by atoms with van der Waals surface area (Å²) in [5, 5.41) is 4.89. The monoisotopic (exact) mass is 182 g/mol. The number of hydrogen-bond acceptors (Lipinski definition) is 0. The van der Waals surface area contributed by atoms with Crippen molar-refractivity contribution < 1.29 is 0 Å². The predicted molar refractivity (Wildman–Crippen MR) is 63.6 cm³/mol. The van der Waals surface area contributed by atoms with E-state index in [1.165, 1.54) is 21.6 Å². The molecule has 0 aromatic heterocycles. The molecule has 0 saturated heterocycles. The van der Waals surface area contributed by atoms with Gasteiger partial charge in [-0.2, -0.15) is 0 Å². The highest BCUT2D eigenvalue weighted by atomic mass is 14.0. The Morgan fingerprint density at radius 3 is 2.57 bits per heavy atom. The fraction of sp³-hybridized carbons (Fsp3) is 0.143. The molecule has 70 valence electrons. The Labute approximate surface area is 84.2 Å². The molecule has 0 amide bonds. The van der Waals surface area contributed by atoms with Crippen molar-refractivity contribution in [1.82, 2.24) is 0 Å². The fourth-order valence-electron chi connectivity index (χ4n) is 1.75. The van der Waals surface area contributed by atoms with E-state index in [4.69, 9.17) is 0 Å². The lowest BCUT2D eigenvalue weighted by atomic mass is 10.1. The van der Waals surface area contributed by atoms with Gasteiger partial charge in [-0.3, -0.25) is 0 Å². The van der Waals surface area contributed by atoms with Gasteiger partial charge in [0.1, 0.15) is 0 Å². The molecule has 0 fully saturated rings. The maximum absolute atomic E-state index is 4.04. The van der Waals surface area contributed by atoms with Gasteiger partial charge in [-0.05, 0) is 47.2 Å². The SMILES string of the molecule is C=c1cc2cc(C)ccc2c/c1=C/C. The van der Waals surface area contributed by atoms with Crippen molar-refractivity contribution >= 4 is 23.4 Å². The summed E-state index contributed by atoms with van der Waals surface area (Å²) in [5.41, 5.74) is 1.30. The molecule has 0 heterocycles. The summed E-state index contributed by atoms with van der Waals surface area (Å²) in [6.45, 7) is 8.20. The van der Waals surface area contributed by atoms with E-state index in [9.17, 15) is 0 Å². The first kappa shape index (κ1) is 9.01. The van der Waals surface area contributed by atoms with Gasteiger partial charge in [0, 0.05) is 0 Å². The van der Waals surface area contributed by atoms with Crippen LogP contribution in [0.2, 0.25) is 0 Å². The van der Waals surface area contributed by atoms with Crippen molar-refractivity contribution in [3.8, 4) is 0 Å². The highest BCUT2D eigenvalue weighted by molar-refractivity contribution is 5.83. The summed E-state index contributed by atoms with van der Waals surface area (Å²) in [5.74, 6) is 0. The Kier molecular flexibility index (Phi) is 2.12. The van der Waals surface area contributed by atoms with Crippen LogP contribution in [0, 0.1) is 6.92 Å². The number of hydrogen-bond donors (Lipinski definition) is 0. The Balaban J connectivity index is 2.94. The summed E-state index contributed by atoms with van der Waals surface area (Å²) in [7, 11) is 0. The molecule has 0 spiro atoms. The molecule has 0 nitrogen and oxygen atoms in total. The summed E-state index contributed by atoms with van der Waals surface area (Å²) in [6, 6.07) is 10.8. The van der Waals surface area contributed by atoms with Crippen LogP contribution >= 0.6 is 0 Å². The van der Waals surface area contributed by atoms with E-state index in [-0.39, 0.29) is 0 Å². The standard InChI is InChI=1S/C14H14/c1-4-12-9-13-6-5-10(2)7-14(13)8-11(12)3/h4-9H,3H2,1-2H3/b12-4-. The van der Waals surface area contributed by atoms with Crippen molar-refractivity contribution in [3.05, 3.63) is 46.3 Å². The quantitative estimate of drug-likeness (QED) is 0.586. The molecule has 0 radical (unpaired) electrons. The zero-order valence-electron chi connectivity index (χ0n) is 8.67. The smallest absolute Gasteiger partial charge is 0.0175 e. The van der Waals surface area contributed by atoms with Crippen LogP contribution in [-0.2, 0) is 0 Å². The molecule has 0 aliphatic rings. The van der Waals surface area contributed by atoms with E-state index in [1.54, 1.807) is 0 Å². The van der Waals surface area contributed by atoms with Gasteiger partial charge < -0.3 is 0 Å². The van der Waals surface area contributed by atoms with Gasteiger partial charge in [-0.25, -0.2) is 0 Å². The molecule has 14 heavy (non-hydrogen) atoms. The maximum Gasteiger partial charge on any atom is -0.0175 e. The van der Waals surface area contributed by atoms with E-state index in [2.05, 4.69) is 49.9 Å². The lowest BCUT2D eigenvalue weighted by Crippen LogP contribution is -2.21. The molecular weight excluding hydrogens is 168 g/mol. The molecule has 0 N–H and O–H groups in total. The van der Waals surface area contributed by atoms with E-state index in [0.717, 1.165) is 5.22 Å². The summed E-state index contributed by atoms with van der Waals surface area (Å²) in [4.78, 5) is 0. The first-order valence-electron chi connectivity index (χ1n) is 4.86. The van der Waals surface area contributed by atoms with Gasteiger partial charge in [-0.15, -0.1) is 0 Å². The first-order valence-corrected chi connectivity index (χ1v) is 4.86. The number of aryl methyl sites for hydroxylation is 1. The van der Waals surface area contributed by atoms with Crippen molar-refractivity contribution in [3.63, 3.8) is 0 Å². The average Bonchev–Trinajstić information content (AvgIpc) is 2.16. The number of fused-ring (bicyclic) bond motifs is 1. The van der Waals surface area contributed by atoms with Gasteiger partial charge in [0.25, 0.3) is 0 Å². The van der Waals surface area contributed by atoms with Gasteiger partial charge in [0.15, 0.2) is 0 Å². The van der Waals surface area contributed by atoms with Gasteiger partial charge >= 0.3 is 0 Å². The lowest BCUT2D eigenvalue weighted by Gasteiger charge is -1.99. The molecule has 2 aromatic carbocycles. The highest BCUT2D eigenvalue weighted by Crippen LogP contribution is 2.11. The number of benzene rings is 2. The second-order valence-electron chi connectivity index (χ2n) is 3.69. The normalized spacial score (nSPS) is 12.3. The average molecular weight is 182 g/mol. The van der Waals surface area contributed by atoms with Crippen LogP contribution in [0.3, 0.4) is 0 Å². The first-order chi connectivity index (χ1) is 6.70. The van der Waals surface area contributed by atoms with Gasteiger partial charge in [0.05, 0.1) is 0 Å². The zero-order chi connectivity index (χ0) is 10.1. The second-order valence-corrected chi connectivity index (χ2v) is 3.69. The summed E-state index contributed by atoms with van der Waals surface area (Å²) >= 11 is 0. The van der Waals surface area contributed by atoms with Crippen LogP contribution in [0.25, 0.3) is 23.4 Å². The van der Waals surface area contributed by atoms with Gasteiger partial charge in [0.2, 0.25) is 0 Å². The minimum Gasteiger partial charge on any atom is -0.0911 e. The zero-order valence-corrected chi connectivity index (χ0v) is 8.67. The second kappa shape index (κ2) is 3.30. The van der Waals surface area contributed by atoms with Crippen LogP contribution in [-0.4, -0.2) is 0 Å². The molecule has 0 saturated carbocycles. The van der Waals surface area contributed by atoms with Crippen molar-refractivity contribution in [2.75, 3.05) is 0 Å². The molecule has 0 heteroatoms. The van der Waals surface area contributed by atoms with Crippen LogP contribution < -0.4 is 10.4 Å². The molecule has 2 rings (SSSR count). The van der Waals surface area contributed by atoms with Crippen LogP contribution in [0.1, 0.15) is 12.5 Å². The topological polar surface area (TPSA) is 0 Å².